The van der Waals surface area contributed by atoms with E-state index in [2.05, 4.69) is 5.32 Å². The average molecular weight is 331 g/mol. The molecule has 0 aliphatic rings. The van der Waals surface area contributed by atoms with Gasteiger partial charge in [-0.2, -0.15) is 0 Å². The standard InChI is InChI=1S/C18H21NO3S/c1-13(2)22-15-10-8-14(9-11-15)19-18(21)7-3-5-16(20)17-6-4-12-23-17/h4,6,8-13H,3,5,7H2,1-2H3,(H,19,21). The summed E-state index contributed by atoms with van der Waals surface area (Å²) in [4.78, 5) is 24.5. The van der Waals surface area contributed by atoms with Crippen molar-refractivity contribution in [2.45, 2.75) is 39.2 Å². The summed E-state index contributed by atoms with van der Waals surface area (Å²) in [6.07, 6.45) is 1.41. The van der Waals surface area contributed by atoms with Crippen LogP contribution in [0.4, 0.5) is 5.69 Å². The highest BCUT2D eigenvalue weighted by Crippen LogP contribution is 2.17. The molecule has 0 saturated heterocycles. The lowest BCUT2D eigenvalue weighted by atomic mass is 10.1. The topological polar surface area (TPSA) is 55.4 Å². The molecule has 0 saturated carbocycles. The molecule has 2 rings (SSSR count). The van der Waals surface area contributed by atoms with Crippen molar-refractivity contribution < 1.29 is 14.3 Å². The third-order valence-electron chi connectivity index (χ3n) is 3.11. The van der Waals surface area contributed by atoms with Crippen LogP contribution < -0.4 is 10.1 Å². The van der Waals surface area contributed by atoms with Gasteiger partial charge in [0.15, 0.2) is 5.78 Å². The molecule has 0 unspecified atom stereocenters. The molecule has 1 heterocycles. The van der Waals surface area contributed by atoms with E-state index in [1.165, 1.54) is 11.3 Å². The van der Waals surface area contributed by atoms with Gasteiger partial charge >= 0.3 is 0 Å². The van der Waals surface area contributed by atoms with Crippen LogP contribution in [0.1, 0.15) is 42.8 Å². The van der Waals surface area contributed by atoms with Gasteiger partial charge in [-0.1, -0.05) is 6.07 Å². The van der Waals surface area contributed by atoms with Gasteiger partial charge in [0.05, 0.1) is 11.0 Å². The maximum atomic E-state index is 11.9. The molecule has 0 aliphatic carbocycles. The predicted octanol–water partition coefficient (Wildman–Crippen LogP) is 4.53. The summed E-state index contributed by atoms with van der Waals surface area (Å²) in [5.41, 5.74) is 0.732. The summed E-state index contributed by atoms with van der Waals surface area (Å²) >= 11 is 1.44. The molecule has 2 aromatic rings. The fraction of sp³-hybridized carbons (Fsp3) is 0.333. The van der Waals surface area contributed by atoms with Gasteiger partial charge in [-0.15, -0.1) is 11.3 Å². The number of thiophene rings is 1. The van der Waals surface area contributed by atoms with Crippen molar-refractivity contribution in [2.75, 3.05) is 5.32 Å². The number of ketones is 1. The van der Waals surface area contributed by atoms with Gasteiger partial charge < -0.3 is 10.1 Å². The smallest absolute Gasteiger partial charge is 0.224 e. The third kappa shape index (κ3) is 5.87. The zero-order chi connectivity index (χ0) is 16.7. The zero-order valence-electron chi connectivity index (χ0n) is 13.4. The van der Waals surface area contributed by atoms with E-state index in [4.69, 9.17) is 4.74 Å². The van der Waals surface area contributed by atoms with E-state index >= 15 is 0 Å². The molecule has 0 fully saturated rings. The number of anilines is 1. The summed E-state index contributed by atoms with van der Waals surface area (Å²) in [5, 5.41) is 4.71. The van der Waals surface area contributed by atoms with Crippen LogP contribution in [0.5, 0.6) is 5.75 Å². The molecule has 0 radical (unpaired) electrons. The van der Waals surface area contributed by atoms with Crippen LogP contribution in [0.25, 0.3) is 0 Å². The molecule has 1 N–H and O–H groups in total. The van der Waals surface area contributed by atoms with Crippen molar-refractivity contribution in [3.63, 3.8) is 0 Å². The van der Waals surface area contributed by atoms with Crippen LogP contribution in [-0.4, -0.2) is 17.8 Å². The molecule has 1 aromatic heterocycles. The Labute approximate surface area is 140 Å². The van der Waals surface area contributed by atoms with E-state index in [1.807, 2.05) is 55.6 Å². The Bertz CT molecular complexity index is 633. The van der Waals surface area contributed by atoms with E-state index in [1.54, 1.807) is 0 Å². The number of amides is 1. The number of hydrogen-bond donors (Lipinski definition) is 1. The minimum absolute atomic E-state index is 0.0819. The number of benzene rings is 1. The molecule has 1 aromatic carbocycles. The van der Waals surface area contributed by atoms with Crippen molar-refractivity contribution in [3.05, 3.63) is 46.7 Å². The fourth-order valence-corrected chi connectivity index (χ4v) is 2.78. The van der Waals surface area contributed by atoms with Crippen molar-refractivity contribution >= 4 is 28.7 Å². The van der Waals surface area contributed by atoms with Crippen molar-refractivity contribution in [3.8, 4) is 5.75 Å². The van der Waals surface area contributed by atoms with Gasteiger partial charge in [0.2, 0.25) is 5.91 Å². The quantitative estimate of drug-likeness (QED) is 0.723. The number of carbonyl (C=O) groups is 2. The second-order valence-corrected chi connectivity index (χ2v) is 6.44. The Kier molecular flexibility index (Phi) is 6.35. The first-order chi connectivity index (χ1) is 11.0. The van der Waals surface area contributed by atoms with Gasteiger partial charge in [-0.25, -0.2) is 0 Å². The lowest BCUT2D eigenvalue weighted by Gasteiger charge is -2.10. The minimum atomic E-state index is -0.0819. The van der Waals surface area contributed by atoms with E-state index in [0.717, 1.165) is 16.3 Å². The first-order valence-corrected chi connectivity index (χ1v) is 8.56. The number of ether oxygens (including phenoxy) is 1. The largest absolute Gasteiger partial charge is 0.491 e. The lowest BCUT2D eigenvalue weighted by Crippen LogP contribution is -2.12. The molecule has 122 valence electrons. The minimum Gasteiger partial charge on any atom is -0.491 e. The summed E-state index contributed by atoms with van der Waals surface area (Å²) in [6, 6.07) is 11.0. The van der Waals surface area contributed by atoms with Gasteiger partial charge in [-0.3, -0.25) is 9.59 Å². The summed E-state index contributed by atoms with van der Waals surface area (Å²) in [7, 11) is 0. The fourth-order valence-electron chi connectivity index (χ4n) is 2.08. The van der Waals surface area contributed by atoms with E-state index < -0.39 is 0 Å². The highest BCUT2D eigenvalue weighted by atomic mass is 32.1. The Balaban J connectivity index is 1.73. The number of rotatable bonds is 8. The Hall–Kier alpha value is -2.14. The maximum Gasteiger partial charge on any atom is 0.224 e. The molecule has 0 spiro atoms. The van der Waals surface area contributed by atoms with Crippen LogP contribution in [0, 0.1) is 0 Å². The second-order valence-electron chi connectivity index (χ2n) is 5.49. The molecule has 4 nitrogen and oxygen atoms in total. The van der Waals surface area contributed by atoms with E-state index in [0.29, 0.717) is 19.3 Å². The molecule has 0 atom stereocenters. The van der Waals surface area contributed by atoms with E-state index in [-0.39, 0.29) is 17.8 Å². The molecular formula is C18H21NO3S. The predicted molar refractivity (Wildman–Crippen MR) is 93.3 cm³/mol. The zero-order valence-corrected chi connectivity index (χ0v) is 14.2. The molecule has 1 amide bonds. The van der Waals surface area contributed by atoms with Crippen LogP contribution in [-0.2, 0) is 4.79 Å². The number of Topliss-reactive ketones (excluding diaryl/α,β-unsaturated/α-hetero) is 1. The highest BCUT2D eigenvalue weighted by Gasteiger charge is 2.09. The first kappa shape index (κ1) is 17.2. The van der Waals surface area contributed by atoms with Crippen LogP contribution in [0.15, 0.2) is 41.8 Å². The molecule has 5 heteroatoms. The number of carbonyl (C=O) groups excluding carboxylic acids is 2. The third-order valence-corrected chi connectivity index (χ3v) is 4.02. The van der Waals surface area contributed by atoms with Gasteiger partial charge in [0.1, 0.15) is 5.75 Å². The lowest BCUT2D eigenvalue weighted by molar-refractivity contribution is -0.116. The van der Waals surface area contributed by atoms with E-state index in [9.17, 15) is 9.59 Å². The molecule has 0 bridgehead atoms. The number of nitrogens with one attached hydrogen (secondary N) is 1. The van der Waals surface area contributed by atoms with Gasteiger partial charge in [0.25, 0.3) is 0 Å². The number of hydrogen-bond acceptors (Lipinski definition) is 4. The average Bonchev–Trinajstić information content (AvgIpc) is 3.03. The first-order valence-electron chi connectivity index (χ1n) is 7.68. The Morgan fingerprint density at radius 2 is 1.87 bits per heavy atom. The van der Waals surface area contributed by atoms with Gasteiger partial charge in [0, 0.05) is 18.5 Å². The second kappa shape index (κ2) is 8.48. The SMILES string of the molecule is CC(C)Oc1ccc(NC(=O)CCCC(=O)c2cccs2)cc1. The maximum absolute atomic E-state index is 11.9. The van der Waals surface area contributed by atoms with Crippen LogP contribution >= 0.6 is 11.3 Å². The summed E-state index contributed by atoms with van der Waals surface area (Å²) < 4.78 is 5.55. The van der Waals surface area contributed by atoms with Gasteiger partial charge in [-0.05, 0) is 56.0 Å². The normalized spacial score (nSPS) is 10.6. The Morgan fingerprint density at radius 1 is 1.13 bits per heavy atom. The Morgan fingerprint density at radius 3 is 2.48 bits per heavy atom. The molecular weight excluding hydrogens is 310 g/mol. The van der Waals surface area contributed by atoms with Crippen molar-refractivity contribution in [1.82, 2.24) is 0 Å². The molecule has 0 aliphatic heterocycles. The highest BCUT2D eigenvalue weighted by molar-refractivity contribution is 7.12. The van der Waals surface area contributed by atoms with Crippen molar-refractivity contribution in [2.24, 2.45) is 0 Å². The summed E-state index contributed by atoms with van der Waals surface area (Å²) in [6.45, 7) is 3.93. The van der Waals surface area contributed by atoms with Crippen LogP contribution in [0.3, 0.4) is 0 Å². The van der Waals surface area contributed by atoms with Crippen molar-refractivity contribution in [1.29, 1.82) is 0 Å². The van der Waals surface area contributed by atoms with Crippen LogP contribution in [0.2, 0.25) is 0 Å². The molecule has 23 heavy (non-hydrogen) atoms. The monoisotopic (exact) mass is 331 g/mol. The summed E-state index contributed by atoms with van der Waals surface area (Å²) in [5.74, 6) is 0.795.